The van der Waals surface area contributed by atoms with Gasteiger partial charge in [-0.2, -0.15) is 0 Å². The van der Waals surface area contributed by atoms with E-state index in [9.17, 15) is 0 Å². The van der Waals surface area contributed by atoms with Crippen molar-refractivity contribution in [1.29, 1.82) is 0 Å². The Morgan fingerprint density at radius 1 is 1.14 bits per heavy atom. The topological polar surface area (TPSA) is 24.9 Å². The monoisotopic (exact) mass is 358 g/mol. The molecule has 0 saturated carbocycles. The molecule has 1 N–H and O–H groups in total. The number of aromatic nitrogens is 1. The van der Waals surface area contributed by atoms with Gasteiger partial charge in [0.15, 0.2) is 0 Å². The van der Waals surface area contributed by atoms with Gasteiger partial charge in [0, 0.05) is 33.3 Å². The van der Waals surface area contributed by atoms with Gasteiger partial charge in [-0.05, 0) is 36.8 Å². The number of benzene rings is 2. The molecule has 3 rings (SSSR count). The molecule has 0 radical (unpaired) electrons. The van der Waals surface area contributed by atoms with E-state index in [0.29, 0.717) is 0 Å². The molecule has 0 aliphatic carbocycles. The van der Waals surface area contributed by atoms with Gasteiger partial charge in [-0.25, -0.2) is 4.98 Å². The van der Waals surface area contributed by atoms with E-state index in [-0.39, 0.29) is 6.04 Å². The number of thiazole rings is 1. The Morgan fingerprint density at radius 2 is 2.00 bits per heavy atom. The van der Waals surface area contributed by atoms with Crippen molar-refractivity contribution in [2.75, 3.05) is 5.32 Å². The van der Waals surface area contributed by atoms with Crippen LogP contribution in [-0.2, 0) is 0 Å². The number of halogens is 1. The fourth-order valence-corrected chi connectivity index (χ4v) is 3.27. The maximum atomic E-state index is 4.36. The largest absolute Gasteiger partial charge is 0.379 e. The Hall–Kier alpha value is -1.65. The van der Waals surface area contributed by atoms with Crippen molar-refractivity contribution in [2.24, 2.45) is 0 Å². The molecule has 0 aliphatic rings. The summed E-state index contributed by atoms with van der Waals surface area (Å²) in [6.45, 7) is 2.16. The van der Waals surface area contributed by atoms with Gasteiger partial charge in [0.25, 0.3) is 0 Å². The molecule has 1 aromatic heterocycles. The summed E-state index contributed by atoms with van der Waals surface area (Å²) in [5.41, 5.74) is 3.51. The van der Waals surface area contributed by atoms with E-state index in [1.54, 1.807) is 11.3 Å². The molecule has 4 heteroatoms. The van der Waals surface area contributed by atoms with Crippen LogP contribution in [-0.4, -0.2) is 4.98 Å². The molecule has 2 aromatic carbocycles. The lowest BCUT2D eigenvalue weighted by Crippen LogP contribution is -2.06. The highest BCUT2D eigenvalue weighted by Crippen LogP contribution is 2.27. The summed E-state index contributed by atoms with van der Waals surface area (Å²) in [6.07, 6.45) is 1.84. The molecular formula is C17H15BrN2S. The van der Waals surface area contributed by atoms with E-state index >= 15 is 0 Å². The summed E-state index contributed by atoms with van der Waals surface area (Å²) in [4.78, 5) is 4.36. The number of anilines is 1. The molecule has 0 amide bonds. The summed E-state index contributed by atoms with van der Waals surface area (Å²) in [5.74, 6) is 0. The second-order valence-electron chi connectivity index (χ2n) is 4.84. The molecule has 0 saturated heterocycles. The summed E-state index contributed by atoms with van der Waals surface area (Å²) < 4.78 is 1.10. The lowest BCUT2D eigenvalue weighted by Gasteiger charge is -2.16. The van der Waals surface area contributed by atoms with Crippen LogP contribution in [0.1, 0.15) is 18.5 Å². The SMILES string of the molecule is CC(Nc1cccc(-c2nccs2)c1)c1cccc(Br)c1. The molecule has 1 atom stereocenters. The molecule has 1 heterocycles. The highest BCUT2D eigenvalue weighted by molar-refractivity contribution is 9.10. The summed E-state index contributed by atoms with van der Waals surface area (Å²) in [6, 6.07) is 17.0. The first kappa shape index (κ1) is 14.3. The first-order valence-electron chi connectivity index (χ1n) is 6.74. The second-order valence-corrected chi connectivity index (χ2v) is 6.65. The van der Waals surface area contributed by atoms with Crippen LogP contribution in [0.5, 0.6) is 0 Å². The van der Waals surface area contributed by atoms with Crippen molar-refractivity contribution in [2.45, 2.75) is 13.0 Å². The van der Waals surface area contributed by atoms with Gasteiger partial charge in [0.05, 0.1) is 0 Å². The van der Waals surface area contributed by atoms with Crippen LogP contribution in [0.3, 0.4) is 0 Å². The van der Waals surface area contributed by atoms with Crippen molar-refractivity contribution >= 4 is 33.0 Å². The van der Waals surface area contributed by atoms with Crippen LogP contribution in [0.4, 0.5) is 5.69 Å². The number of nitrogens with one attached hydrogen (secondary N) is 1. The van der Waals surface area contributed by atoms with Crippen molar-refractivity contribution in [3.05, 3.63) is 70.1 Å². The fraction of sp³-hybridized carbons (Fsp3) is 0.118. The van der Waals surface area contributed by atoms with Crippen LogP contribution in [0, 0.1) is 0 Å². The maximum absolute atomic E-state index is 4.36. The predicted octanol–water partition coefficient (Wildman–Crippen LogP) is 5.75. The molecule has 0 fully saturated rings. The summed E-state index contributed by atoms with van der Waals surface area (Å²) >= 11 is 5.18. The Bertz CT molecular complexity index is 725. The van der Waals surface area contributed by atoms with Gasteiger partial charge >= 0.3 is 0 Å². The lowest BCUT2D eigenvalue weighted by molar-refractivity contribution is 0.884. The van der Waals surface area contributed by atoms with Gasteiger partial charge < -0.3 is 5.32 Å². The Balaban J connectivity index is 1.80. The molecule has 3 aromatic rings. The molecule has 1 unspecified atom stereocenters. The van der Waals surface area contributed by atoms with E-state index in [4.69, 9.17) is 0 Å². The first-order valence-corrected chi connectivity index (χ1v) is 8.41. The molecule has 0 aliphatic heterocycles. The predicted molar refractivity (Wildman–Crippen MR) is 93.7 cm³/mol. The zero-order valence-electron chi connectivity index (χ0n) is 11.6. The Morgan fingerprint density at radius 3 is 2.76 bits per heavy atom. The fourth-order valence-electron chi connectivity index (χ4n) is 2.22. The maximum Gasteiger partial charge on any atom is 0.123 e. The van der Waals surface area contributed by atoms with Crippen LogP contribution < -0.4 is 5.32 Å². The third-order valence-electron chi connectivity index (χ3n) is 3.27. The highest BCUT2D eigenvalue weighted by atomic mass is 79.9. The van der Waals surface area contributed by atoms with E-state index < -0.39 is 0 Å². The van der Waals surface area contributed by atoms with Gasteiger partial charge in [0.2, 0.25) is 0 Å². The van der Waals surface area contributed by atoms with E-state index in [1.807, 2.05) is 17.6 Å². The van der Waals surface area contributed by atoms with Gasteiger partial charge in [0.1, 0.15) is 5.01 Å². The zero-order valence-corrected chi connectivity index (χ0v) is 14.0. The minimum Gasteiger partial charge on any atom is -0.379 e. The number of hydrogen-bond donors (Lipinski definition) is 1. The van der Waals surface area contributed by atoms with Crippen LogP contribution in [0.2, 0.25) is 0 Å². The van der Waals surface area contributed by atoms with Crippen LogP contribution >= 0.6 is 27.3 Å². The number of hydrogen-bond acceptors (Lipinski definition) is 3. The molecule has 106 valence electrons. The van der Waals surface area contributed by atoms with Crippen molar-refractivity contribution in [3.8, 4) is 10.6 Å². The molecule has 2 nitrogen and oxygen atoms in total. The molecule has 0 spiro atoms. The van der Waals surface area contributed by atoms with Gasteiger partial charge in [-0.1, -0.05) is 40.2 Å². The molecular weight excluding hydrogens is 344 g/mol. The Labute approximate surface area is 137 Å². The number of nitrogens with zero attached hydrogens (tertiary/aromatic N) is 1. The third kappa shape index (κ3) is 3.52. The molecule has 21 heavy (non-hydrogen) atoms. The van der Waals surface area contributed by atoms with Crippen molar-refractivity contribution < 1.29 is 0 Å². The standard InChI is InChI=1S/C17H15BrN2S/c1-12(13-4-2-6-15(18)10-13)20-16-7-3-5-14(11-16)17-19-8-9-21-17/h2-12,20H,1H3. The minimum absolute atomic E-state index is 0.244. The highest BCUT2D eigenvalue weighted by Gasteiger charge is 2.07. The van der Waals surface area contributed by atoms with Crippen LogP contribution in [0.15, 0.2) is 64.6 Å². The summed E-state index contributed by atoms with van der Waals surface area (Å²) in [7, 11) is 0. The molecule has 0 bridgehead atoms. The van der Waals surface area contributed by atoms with Crippen molar-refractivity contribution in [1.82, 2.24) is 4.98 Å². The van der Waals surface area contributed by atoms with Gasteiger partial charge in [-0.3, -0.25) is 0 Å². The van der Waals surface area contributed by atoms with E-state index in [1.165, 1.54) is 5.56 Å². The Kier molecular flexibility index (Phi) is 4.36. The van der Waals surface area contributed by atoms with E-state index in [2.05, 4.69) is 75.6 Å². The second kappa shape index (κ2) is 6.41. The first-order chi connectivity index (χ1) is 10.2. The smallest absolute Gasteiger partial charge is 0.123 e. The third-order valence-corrected chi connectivity index (χ3v) is 4.59. The van der Waals surface area contributed by atoms with Crippen LogP contribution in [0.25, 0.3) is 10.6 Å². The average Bonchev–Trinajstić information content (AvgIpc) is 3.02. The zero-order chi connectivity index (χ0) is 14.7. The van der Waals surface area contributed by atoms with Gasteiger partial charge in [-0.15, -0.1) is 11.3 Å². The summed E-state index contributed by atoms with van der Waals surface area (Å²) in [5, 5.41) is 6.59. The normalized spacial score (nSPS) is 12.1. The average molecular weight is 359 g/mol. The lowest BCUT2D eigenvalue weighted by atomic mass is 10.1. The number of rotatable bonds is 4. The quantitative estimate of drug-likeness (QED) is 0.642. The van der Waals surface area contributed by atoms with Crippen molar-refractivity contribution in [3.63, 3.8) is 0 Å². The minimum atomic E-state index is 0.244. The van der Waals surface area contributed by atoms with E-state index in [0.717, 1.165) is 20.7 Å².